The van der Waals surface area contributed by atoms with Gasteiger partial charge in [0.25, 0.3) is 0 Å². The quantitative estimate of drug-likeness (QED) is 0.294. The van der Waals surface area contributed by atoms with E-state index in [1.54, 1.807) is 0 Å². The third-order valence-corrected chi connectivity index (χ3v) is 0. The summed E-state index contributed by atoms with van der Waals surface area (Å²) < 4.78 is 0. The molecule has 0 aliphatic heterocycles. The van der Waals surface area contributed by atoms with Crippen LogP contribution >= 0.6 is 0 Å². The summed E-state index contributed by atoms with van der Waals surface area (Å²) in [5.41, 5.74) is 0. The monoisotopic (exact) mass is 140 g/mol. The van der Waals surface area contributed by atoms with Crippen LogP contribution in [0.4, 0.5) is 0 Å². The van der Waals surface area contributed by atoms with Crippen LogP contribution in [0.2, 0.25) is 0 Å². The van der Waals surface area contributed by atoms with Crippen molar-refractivity contribution in [2.45, 2.75) is 0 Å². The Morgan fingerprint density at radius 1 is 1.00 bits per heavy atom. The molecule has 0 saturated carbocycles. The Morgan fingerprint density at radius 2 is 1.00 bits per heavy atom. The topological polar surface area (TPSA) is 0 Å². The zero-order valence-corrected chi connectivity index (χ0v) is 10.4. The van der Waals surface area contributed by atoms with Gasteiger partial charge in [0.05, 0.1) is 0 Å². The van der Waals surface area contributed by atoms with Gasteiger partial charge in [-0.2, -0.15) is 0 Å². The minimum absolute atomic E-state index is 0. The van der Waals surface area contributed by atoms with E-state index in [9.17, 15) is 0 Å². The third kappa shape index (κ3) is 18.2. The molecule has 0 heterocycles. The third-order valence-electron chi connectivity index (χ3n) is 0. The maximum absolute atomic E-state index is 0. The van der Waals surface area contributed by atoms with Crippen LogP contribution in [0.3, 0.4) is 0 Å². The molecule has 0 nitrogen and oxygen atoms in total. The number of hydrogen-bond acceptors (Lipinski definition) is 0. The fourth-order valence-corrected chi connectivity index (χ4v) is 0. The van der Waals surface area contributed by atoms with E-state index >= 15 is 0 Å². The molecule has 0 aromatic rings. The van der Waals surface area contributed by atoms with E-state index in [1.165, 1.54) is 0 Å². The molecule has 0 spiro atoms. The second-order valence-corrected chi connectivity index (χ2v) is 0. The molecule has 0 amide bonds. The van der Waals surface area contributed by atoms with Crippen LogP contribution in [-0.4, -0.2) is 0 Å². The Bertz CT molecular complexity index is 13.5. The Hall–Kier alpha value is 3.81. The maximum atomic E-state index is 0. The first-order valence-corrected chi connectivity index (χ1v) is 0. The minimum atomic E-state index is 0. The summed E-state index contributed by atoms with van der Waals surface area (Å²) in [5.74, 6) is 0. The minimum Gasteiger partial charge on any atom is -1.00 e. The Kier molecular flexibility index (Phi) is 185. The molecule has 0 radical (unpaired) electrons. The molecule has 0 N–H and O–H groups in total. The summed E-state index contributed by atoms with van der Waals surface area (Å²) in [7, 11) is 0. The fourth-order valence-electron chi connectivity index (χ4n) is 0. The first kappa shape index (κ1) is 37.0. The van der Waals surface area contributed by atoms with Gasteiger partial charge in [0.2, 0.25) is 0 Å². The summed E-state index contributed by atoms with van der Waals surface area (Å²) >= 11 is 0. The fraction of sp³-hybridized carbons (Fsp3) is 0. The first-order chi connectivity index (χ1) is 0. The van der Waals surface area contributed by atoms with Crippen LogP contribution in [0.5, 0.6) is 0 Å². The molecule has 0 aromatic heterocycles. The van der Waals surface area contributed by atoms with E-state index < -0.39 is 0 Å². The van der Waals surface area contributed by atoms with E-state index in [1.807, 2.05) is 0 Å². The van der Waals surface area contributed by atoms with E-state index in [0.29, 0.717) is 0 Å². The molecule has 5 heavy (non-hydrogen) atoms. The van der Waals surface area contributed by atoms with E-state index in [2.05, 4.69) is 0 Å². The summed E-state index contributed by atoms with van der Waals surface area (Å²) in [6.45, 7) is 0. The van der Waals surface area contributed by atoms with Gasteiger partial charge >= 0.3 is 99.8 Å². The van der Waals surface area contributed by atoms with Crippen LogP contribution in [0.1, 0.15) is 1.43 Å². The Morgan fingerprint density at radius 3 is 1.00 bits per heavy atom. The molecule has 0 aliphatic rings. The van der Waals surface area contributed by atoms with Crippen molar-refractivity contribution in [1.29, 1.82) is 0 Å². The van der Waals surface area contributed by atoms with Gasteiger partial charge in [0, 0.05) is 0 Å². The van der Waals surface area contributed by atoms with Gasteiger partial charge in [0.15, 0.2) is 0 Å². The second kappa shape index (κ2) is 24.9. The molecule has 0 bridgehead atoms. The molecule has 0 fully saturated rings. The van der Waals surface area contributed by atoms with Crippen LogP contribution in [0.25, 0.3) is 0 Å². The molecule has 0 aliphatic carbocycles. The van der Waals surface area contributed by atoms with Crippen molar-refractivity contribution >= 4 is 0 Å². The second-order valence-electron chi connectivity index (χ2n) is 0. The number of hydrogen-bond donors (Lipinski definition) is 0. The van der Waals surface area contributed by atoms with Gasteiger partial charge in [-0.1, -0.05) is 0 Å². The SMILES string of the molecule is [Cl-].[Cl-].[H-].[K+].[Li+].[Na+]. The van der Waals surface area contributed by atoms with Crippen molar-refractivity contribution in [3.8, 4) is 0 Å². The summed E-state index contributed by atoms with van der Waals surface area (Å²) in [6.07, 6.45) is 0. The molecule has 0 rings (SSSR count). The Labute approximate surface area is 123 Å². The summed E-state index contributed by atoms with van der Waals surface area (Å²) in [6, 6.07) is 0. The predicted octanol–water partition coefficient (Wildman–Crippen LogP) is -14.9. The van der Waals surface area contributed by atoms with Gasteiger partial charge in [0.1, 0.15) is 0 Å². The van der Waals surface area contributed by atoms with Gasteiger partial charge in [-0.05, 0) is 0 Å². The summed E-state index contributed by atoms with van der Waals surface area (Å²) in [5, 5.41) is 0. The van der Waals surface area contributed by atoms with E-state index in [-0.39, 0.29) is 126 Å². The maximum Gasteiger partial charge on any atom is 1.00 e. The van der Waals surface area contributed by atoms with Crippen molar-refractivity contribution < 1.29 is 126 Å². The van der Waals surface area contributed by atoms with Gasteiger partial charge in [-0.15, -0.1) is 0 Å². The predicted molar refractivity (Wildman–Crippen MR) is 1.11 cm³/mol. The molecule has 0 aromatic carbocycles. The molecule has 0 atom stereocenters. The van der Waals surface area contributed by atoms with E-state index in [4.69, 9.17) is 0 Å². The number of halogens is 2. The molecule has 18 valence electrons. The molecule has 0 saturated heterocycles. The molecular weight excluding hydrogens is 140 g/mol. The van der Waals surface area contributed by atoms with Crippen LogP contribution < -0.4 is 125 Å². The van der Waals surface area contributed by atoms with Gasteiger partial charge in [-0.25, -0.2) is 0 Å². The normalized spacial score (nSPS) is 0. The smallest absolute Gasteiger partial charge is 1.00 e. The average Bonchev–Trinajstić information content (AvgIpc) is 0. The van der Waals surface area contributed by atoms with Gasteiger partial charge < -0.3 is 26.2 Å². The summed E-state index contributed by atoms with van der Waals surface area (Å²) in [4.78, 5) is 0. The van der Waals surface area contributed by atoms with Crippen LogP contribution in [-0.2, 0) is 0 Å². The van der Waals surface area contributed by atoms with Crippen molar-refractivity contribution in [2.24, 2.45) is 0 Å². The molecule has 0 unspecified atom stereocenters. The van der Waals surface area contributed by atoms with Crippen LogP contribution in [0, 0.1) is 0 Å². The Balaban J connectivity index is 0. The van der Waals surface area contributed by atoms with Crippen molar-refractivity contribution in [3.05, 3.63) is 0 Å². The van der Waals surface area contributed by atoms with Crippen molar-refractivity contribution in [3.63, 3.8) is 0 Å². The van der Waals surface area contributed by atoms with Crippen LogP contribution in [0.15, 0.2) is 0 Å². The van der Waals surface area contributed by atoms with E-state index in [0.717, 1.165) is 0 Å². The standard InChI is InChI=1S/2ClH.K.Li.Na.H/h2*1H;;;;/q;;3*+1;-1/p-2. The van der Waals surface area contributed by atoms with Gasteiger partial charge in [-0.3, -0.25) is 0 Å². The largest absolute Gasteiger partial charge is 1.00 e. The average molecular weight is 141 g/mol. The van der Waals surface area contributed by atoms with Crippen molar-refractivity contribution in [2.75, 3.05) is 0 Å². The molecule has 5 heteroatoms. The van der Waals surface area contributed by atoms with Crippen molar-refractivity contribution in [1.82, 2.24) is 0 Å². The zero-order valence-electron chi connectivity index (χ0n) is 4.76. The molecular formula is HCl2KLiNa. The zero-order chi connectivity index (χ0) is 0. The number of rotatable bonds is 0. The first-order valence-electron chi connectivity index (χ1n) is 0.